The zero-order valence-electron chi connectivity index (χ0n) is 12.6. The molecule has 24 heavy (non-hydrogen) atoms. The molecule has 3 rings (SSSR count). The number of fused-ring (bicyclic) bond motifs is 1. The second-order valence-corrected chi connectivity index (χ2v) is 5.65. The minimum absolute atomic E-state index is 0.166. The van der Waals surface area contributed by atoms with E-state index in [1.54, 1.807) is 0 Å². The first-order valence-electron chi connectivity index (χ1n) is 7.29. The van der Waals surface area contributed by atoms with Gasteiger partial charge in [-0.05, 0) is 30.7 Å². The summed E-state index contributed by atoms with van der Waals surface area (Å²) in [5.41, 5.74) is -0.807. The molecule has 0 unspecified atom stereocenters. The van der Waals surface area contributed by atoms with Gasteiger partial charge in [0.15, 0.2) is 0 Å². The van der Waals surface area contributed by atoms with Gasteiger partial charge in [0.25, 0.3) is 5.56 Å². The van der Waals surface area contributed by atoms with Crippen molar-refractivity contribution in [3.05, 3.63) is 69.0 Å². The highest BCUT2D eigenvalue weighted by molar-refractivity contribution is 6.35. The summed E-state index contributed by atoms with van der Waals surface area (Å²) in [5, 5.41) is -0.557. The first-order chi connectivity index (χ1) is 11.4. The Morgan fingerprint density at radius 2 is 1.83 bits per heavy atom. The Bertz CT molecular complexity index is 1000. The van der Waals surface area contributed by atoms with Crippen LogP contribution in [0.1, 0.15) is 19.2 Å². The highest BCUT2D eigenvalue weighted by Crippen LogP contribution is 2.24. The Balaban J connectivity index is 2.47. The van der Waals surface area contributed by atoms with E-state index in [0.29, 0.717) is 12.8 Å². The maximum atomic E-state index is 14.2. The lowest BCUT2D eigenvalue weighted by Crippen LogP contribution is -2.25. The number of hydrogen-bond donors (Lipinski definition) is 0. The Labute approximate surface area is 140 Å². The normalized spacial score (nSPS) is 11.2. The van der Waals surface area contributed by atoms with Gasteiger partial charge in [-0.3, -0.25) is 9.36 Å². The Morgan fingerprint density at radius 3 is 2.54 bits per heavy atom. The zero-order chi connectivity index (χ0) is 17.4. The van der Waals surface area contributed by atoms with Crippen LogP contribution in [-0.4, -0.2) is 9.55 Å². The van der Waals surface area contributed by atoms with E-state index in [1.165, 1.54) is 6.07 Å². The van der Waals surface area contributed by atoms with Crippen LogP contribution in [0.25, 0.3) is 16.6 Å². The second-order valence-electron chi connectivity index (χ2n) is 5.27. The van der Waals surface area contributed by atoms with Crippen molar-refractivity contribution in [1.29, 1.82) is 0 Å². The summed E-state index contributed by atoms with van der Waals surface area (Å²) in [6.07, 6.45) is 0.986. The standard InChI is InChI=1S/C17H12ClF3N2O/c1-2-3-14-22-12-7-6-11(21)16(18)15(12)17(24)23(14)13-8-9(19)4-5-10(13)20/h4-8H,2-3H2,1H3. The largest absolute Gasteiger partial charge is 0.268 e. The van der Waals surface area contributed by atoms with Crippen LogP contribution in [0.15, 0.2) is 35.1 Å². The lowest BCUT2D eigenvalue weighted by molar-refractivity contribution is 0.586. The molecule has 3 aromatic rings. The number of aromatic nitrogens is 2. The first kappa shape index (κ1) is 16.5. The molecule has 0 bridgehead atoms. The summed E-state index contributed by atoms with van der Waals surface area (Å²) in [6, 6.07) is 5.22. The summed E-state index contributed by atoms with van der Waals surface area (Å²) in [6.45, 7) is 1.86. The van der Waals surface area contributed by atoms with Crippen molar-refractivity contribution < 1.29 is 13.2 Å². The van der Waals surface area contributed by atoms with Crippen LogP contribution in [0.2, 0.25) is 5.02 Å². The molecule has 0 aliphatic rings. The quantitative estimate of drug-likeness (QED) is 0.700. The summed E-state index contributed by atoms with van der Waals surface area (Å²) >= 11 is 5.90. The molecular weight excluding hydrogens is 341 g/mol. The second kappa shape index (κ2) is 6.28. The van der Waals surface area contributed by atoms with Crippen LogP contribution in [0.5, 0.6) is 0 Å². The van der Waals surface area contributed by atoms with Crippen LogP contribution in [0, 0.1) is 17.5 Å². The van der Waals surface area contributed by atoms with Gasteiger partial charge < -0.3 is 0 Å². The van der Waals surface area contributed by atoms with Crippen molar-refractivity contribution in [3.8, 4) is 5.69 Å². The van der Waals surface area contributed by atoms with Crippen LogP contribution < -0.4 is 5.56 Å². The molecule has 3 nitrogen and oxygen atoms in total. The average molecular weight is 353 g/mol. The molecule has 0 spiro atoms. The van der Waals surface area contributed by atoms with E-state index in [1.807, 2.05) is 6.92 Å². The van der Waals surface area contributed by atoms with Gasteiger partial charge in [0.2, 0.25) is 0 Å². The minimum Gasteiger partial charge on any atom is -0.268 e. The molecular formula is C17H12ClF3N2O. The van der Waals surface area contributed by atoms with Gasteiger partial charge >= 0.3 is 0 Å². The third-order valence-electron chi connectivity index (χ3n) is 3.62. The number of aryl methyl sites for hydroxylation is 1. The van der Waals surface area contributed by atoms with Crippen molar-refractivity contribution in [2.24, 2.45) is 0 Å². The Hall–Kier alpha value is -2.34. The van der Waals surface area contributed by atoms with Crippen LogP contribution in [-0.2, 0) is 6.42 Å². The smallest absolute Gasteiger partial charge is 0.267 e. The molecule has 2 aromatic carbocycles. The van der Waals surface area contributed by atoms with E-state index in [-0.39, 0.29) is 22.4 Å². The van der Waals surface area contributed by atoms with Crippen molar-refractivity contribution >= 4 is 22.5 Å². The highest BCUT2D eigenvalue weighted by atomic mass is 35.5. The molecule has 0 N–H and O–H groups in total. The molecule has 0 radical (unpaired) electrons. The van der Waals surface area contributed by atoms with Gasteiger partial charge in [0, 0.05) is 12.5 Å². The van der Waals surface area contributed by atoms with Crippen molar-refractivity contribution in [3.63, 3.8) is 0 Å². The van der Waals surface area contributed by atoms with Crippen LogP contribution in [0.4, 0.5) is 13.2 Å². The predicted octanol–water partition coefficient (Wildman–Crippen LogP) is 4.41. The van der Waals surface area contributed by atoms with Gasteiger partial charge in [0.1, 0.15) is 23.3 Å². The SMILES string of the molecule is CCCc1nc2ccc(F)c(Cl)c2c(=O)n1-c1cc(F)ccc1F. The maximum Gasteiger partial charge on any atom is 0.267 e. The summed E-state index contributed by atoms with van der Waals surface area (Å²) in [7, 11) is 0. The molecule has 0 atom stereocenters. The predicted molar refractivity (Wildman–Crippen MR) is 86.2 cm³/mol. The van der Waals surface area contributed by atoms with E-state index in [0.717, 1.165) is 28.8 Å². The maximum absolute atomic E-state index is 14.2. The van der Waals surface area contributed by atoms with E-state index >= 15 is 0 Å². The zero-order valence-corrected chi connectivity index (χ0v) is 13.4. The number of halogens is 4. The molecule has 7 heteroatoms. The monoisotopic (exact) mass is 352 g/mol. The molecule has 0 saturated carbocycles. The number of benzene rings is 2. The minimum atomic E-state index is -0.787. The summed E-state index contributed by atoms with van der Waals surface area (Å²) in [4.78, 5) is 17.1. The molecule has 0 fully saturated rings. The van der Waals surface area contributed by atoms with Gasteiger partial charge in [-0.25, -0.2) is 18.2 Å². The van der Waals surface area contributed by atoms with Crippen molar-refractivity contribution in [2.75, 3.05) is 0 Å². The van der Waals surface area contributed by atoms with E-state index < -0.39 is 28.0 Å². The lowest BCUT2D eigenvalue weighted by Gasteiger charge is -2.14. The molecule has 1 aromatic heterocycles. The third-order valence-corrected chi connectivity index (χ3v) is 3.99. The van der Waals surface area contributed by atoms with E-state index in [4.69, 9.17) is 11.6 Å². The fourth-order valence-corrected chi connectivity index (χ4v) is 2.79. The summed E-state index contributed by atoms with van der Waals surface area (Å²) < 4.78 is 42.4. The van der Waals surface area contributed by atoms with Crippen LogP contribution in [0.3, 0.4) is 0 Å². The molecule has 1 heterocycles. The van der Waals surface area contributed by atoms with Crippen LogP contribution >= 0.6 is 11.6 Å². The molecule has 0 aliphatic carbocycles. The third kappa shape index (κ3) is 2.67. The molecule has 0 amide bonds. The molecule has 0 saturated heterocycles. The van der Waals surface area contributed by atoms with Gasteiger partial charge in [-0.15, -0.1) is 0 Å². The first-order valence-corrected chi connectivity index (χ1v) is 7.67. The highest BCUT2D eigenvalue weighted by Gasteiger charge is 2.19. The Kier molecular flexibility index (Phi) is 4.32. The number of nitrogens with zero attached hydrogens (tertiary/aromatic N) is 2. The van der Waals surface area contributed by atoms with Crippen molar-refractivity contribution in [1.82, 2.24) is 9.55 Å². The fraction of sp³-hybridized carbons (Fsp3) is 0.176. The van der Waals surface area contributed by atoms with E-state index in [2.05, 4.69) is 4.98 Å². The fourth-order valence-electron chi connectivity index (χ4n) is 2.55. The molecule has 0 aliphatic heterocycles. The van der Waals surface area contributed by atoms with Crippen molar-refractivity contribution in [2.45, 2.75) is 19.8 Å². The topological polar surface area (TPSA) is 34.9 Å². The Morgan fingerprint density at radius 1 is 1.12 bits per heavy atom. The molecule has 124 valence electrons. The number of rotatable bonds is 3. The van der Waals surface area contributed by atoms with E-state index in [9.17, 15) is 18.0 Å². The average Bonchev–Trinajstić information content (AvgIpc) is 2.54. The van der Waals surface area contributed by atoms with Gasteiger partial charge in [-0.2, -0.15) is 0 Å². The summed E-state index contributed by atoms with van der Waals surface area (Å²) in [5.74, 6) is -2.02. The number of hydrogen-bond acceptors (Lipinski definition) is 2. The van der Waals surface area contributed by atoms with Gasteiger partial charge in [-0.1, -0.05) is 18.5 Å². The lowest BCUT2D eigenvalue weighted by atomic mass is 10.2. The van der Waals surface area contributed by atoms with Gasteiger partial charge in [0.05, 0.1) is 21.6 Å².